The van der Waals surface area contributed by atoms with Gasteiger partial charge in [0.25, 0.3) is 5.91 Å². The number of ether oxygens (including phenoxy) is 1. The van der Waals surface area contributed by atoms with Crippen LogP contribution in [0.3, 0.4) is 0 Å². The van der Waals surface area contributed by atoms with E-state index < -0.39 is 20.7 Å². The summed E-state index contributed by atoms with van der Waals surface area (Å²) in [5.74, 6) is -1.26. The van der Waals surface area contributed by atoms with Crippen LogP contribution in [0.2, 0.25) is 0 Å². The summed E-state index contributed by atoms with van der Waals surface area (Å²) < 4.78 is 31.5. The van der Waals surface area contributed by atoms with E-state index in [1.54, 1.807) is 54.9 Å². The van der Waals surface area contributed by atoms with Crippen molar-refractivity contribution in [2.24, 2.45) is 0 Å². The zero-order valence-corrected chi connectivity index (χ0v) is 18.4. The van der Waals surface area contributed by atoms with Gasteiger partial charge in [0.15, 0.2) is 0 Å². The lowest BCUT2D eigenvalue weighted by Gasteiger charge is -2.28. The molecule has 3 rings (SSSR count). The number of nitrogens with zero attached hydrogens (tertiary/aromatic N) is 1. The number of nitrogens with one attached hydrogen (secondary N) is 2. The minimum Gasteiger partial charge on any atom is -0.467 e. The molecule has 8 nitrogen and oxygen atoms in total. The van der Waals surface area contributed by atoms with Gasteiger partial charge < -0.3 is 10.1 Å². The fourth-order valence-electron chi connectivity index (χ4n) is 2.99. The van der Waals surface area contributed by atoms with Crippen molar-refractivity contribution in [3.8, 4) is 0 Å². The van der Waals surface area contributed by atoms with Gasteiger partial charge in [-0.2, -0.15) is 0 Å². The van der Waals surface area contributed by atoms with Crippen LogP contribution in [-0.4, -0.2) is 37.3 Å². The minimum absolute atomic E-state index is 0.0872. The van der Waals surface area contributed by atoms with Crippen molar-refractivity contribution in [1.29, 1.82) is 0 Å². The lowest BCUT2D eigenvalue weighted by atomic mass is 10.2. The smallest absolute Gasteiger partial charge is 0.342 e. The van der Waals surface area contributed by atoms with Crippen molar-refractivity contribution >= 4 is 27.4 Å². The summed E-state index contributed by atoms with van der Waals surface area (Å²) >= 11 is 0. The van der Waals surface area contributed by atoms with Gasteiger partial charge >= 0.3 is 5.97 Å². The standard InChI is InChI=1S/C23H23N3O5S/c1-23(22(28)31-2,25-16-17-7-6-14-24-15-17)32(29,30)20-12-10-19(11-13-20)26-21(27)18-8-4-3-5-9-18/h3-15,25H,16H2,1-2H3,(H,26,27). The Hall–Kier alpha value is -3.56. The highest BCUT2D eigenvalue weighted by molar-refractivity contribution is 7.93. The topological polar surface area (TPSA) is 114 Å². The van der Waals surface area contributed by atoms with Gasteiger partial charge in [-0.3, -0.25) is 15.1 Å². The third-order valence-electron chi connectivity index (χ3n) is 4.92. The number of carbonyl (C=O) groups excluding carboxylic acids is 2. The summed E-state index contributed by atoms with van der Waals surface area (Å²) in [5, 5.41) is 5.51. The van der Waals surface area contributed by atoms with Crippen LogP contribution in [0.1, 0.15) is 22.8 Å². The second-order valence-corrected chi connectivity index (χ2v) is 9.38. The molecule has 0 fully saturated rings. The molecule has 1 amide bonds. The van der Waals surface area contributed by atoms with Gasteiger partial charge in [-0.15, -0.1) is 0 Å². The van der Waals surface area contributed by atoms with Crippen LogP contribution < -0.4 is 10.6 Å². The van der Waals surface area contributed by atoms with Crippen LogP contribution in [0.25, 0.3) is 0 Å². The number of aromatic nitrogens is 1. The number of carbonyl (C=O) groups is 2. The molecule has 0 aliphatic carbocycles. The number of esters is 1. The van der Waals surface area contributed by atoms with Gasteiger partial charge in [-0.25, -0.2) is 13.2 Å². The average Bonchev–Trinajstić information content (AvgIpc) is 2.83. The third-order valence-corrected chi connectivity index (χ3v) is 7.20. The maximum absolute atomic E-state index is 13.4. The number of hydrogen-bond donors (Lipinski definition) is 2. The Morgan fingerprint density at radius 3 is 2.28 bits per heavy atom. The summed E-state index contributed by atoms with van der Waals surface area (Å²) in [6, 6.07) is 17.7. The molecular formula is C23H23N3O5S. The van der Waals surface area contributed by atoms with Gasteiger partial charge in [0.05, 0.1) is 12.0 Å². The summed E-state index contributed by atoms with van der Waals surface area (Å²) in [5.41, 5.74) is 1.60. The van der Waals surface area contributed by atoms with E-state index in [2.05, 4.69) is 15.6 Å². The first-order chi connectivity index (χ1) is 15.3. The monoisotopic (exact) mass is 453 g/mol. The SMILES string of the molecule is COC(=O)C(C)(NCc1cccnc1)S(=O)(=O)c1ccc(NC(=O)c2ccccc2)cc1. The first kappa shape index (κ1) is 23.1. The summed E-state index contributed by atoms with van der Waals surface area (Å²) in [7, 11) is -3.07. The van der Waals surface area contributed by atoms with Gasteiger partial charge in [0.2, 0.25) is 14.7 Å². The third kappa shape index (κ3) is 4.84. The van der Waals surface area contributed by atoms with Gasteiger partial charge in [0, 0.05) is 30.2 Å². The Kier molecular flexibility index (Phi) is 7.01. The van der Waals surface area contributed by atoms with Crippen molar-refractivity contribution in [2.45, 2.75) is 23.2 Å². The Bertz CT molecular complexity index is 1180. The fraction of sp³-hybridized carbons (Fsp3) is 0.174. The van der Waals surface area contributed by atoms with E-state index in [-0.39, 0.29) is 17.3 Å². The van der Waals surface area contributed by atoms with Gasteiger partial charge in [-0.05, 0) is 55.0 Å². The molecule has 0 bridgehead atoms. The number of pyridine rings is 1. The van der Waals surface area contributed by atoms with Crippen LogP contribution in [0, 0.1) is 0 Å². The Morgan fingerprint density at radius 2 is 1.69 bits per heavy atom. The number of methoxy groups -OCH3 is 1. The van der Waals surface area contributed by atoms with Crippen molar-refractivity contribution in [2.75, 3.05) is 12.4 Å². The number of anilines is 1. The van der Waals surface area contributed by atoms with E-state index >= 15 is 0 Å². The number of amides is 1. The zero-order valence-electron chi connectivity index (χ0n) is 17.6. The molecule has 9 heteroatoms. The van der Waals surface area contributed by atoms with Crippen LogP contribution >= 0.6 is 0 Å². The highest BCUT2D eigenvalue weighted by atomic mass is 32.2. The lowest BCUT2D eigenvalue weighted by molar-refractivity contribution is -0.144. The van der Waals surface area contributed by atoms with Crippen LogP contribution in [0.4, 0.5) is 5.69 Å². The molecular weight excluding hydrogens is 430 g/mol. The summed E-state index contributed by atoms with van der Waals surface area (Å²) in [6.07, 6.45) is 3.17. The molecule has 0 aliphatic rings. The number of hydrogen-bond acceptors (Lipinski definition) is 7. The van der Waals surface area contributed by atoms with Crippen molar-refractivity contribution < 1.29 is 22.7 Å². The van der Waals surface area contributed by atoms with E-state index in [0.29, 0.717) is 16.8 Å². The van der Waals surface area contributed by atoms with Crippen molar-refractivity contribution in [1.82, 2.24) is 10.3 Å². The molecule has 166 valence electrons. The minimum atomic E-state index is -4.20. The van der Waals surface area contributed by atoms with Crippen LogP contribution in [0.5, 0.6) is 0 Å². The molecule has 0 spiro atoms. The number of benzene rings is 2. The molecule has 1 aromatic heterocycles. The fourth-order valence-corrected chi connectivity index (χ4v) is 4.52. The summed E-state index contributed by atoms with van der Waals surface area (Å²) in [6.45, 7) is 1.35. The van der Waals surface area contributed by atoms with E-state index in [4.69, 9.17) is 4.74 Å². The molecule has 0 radical (unpaired) electrons. The van der Waals surface area contributed by atoms with Crippen molar-refractivity contribution in [3.63, 3.8) is 0 Å². The molecule has 1 heterocycles. The molecule has 0 aliphatic heterocycles. The second-order valence-electron chi connectivity index (χ2n) is 7.09. The highest BCUT2D eigenvalue weighted by Crippen LogP contribution is 2.27. The molecule has 32 heavy (non-hydrogen) atoms. The Labute approximate surface area is 186 Å². The van der Waals surface area contributed by atoms with E-state index in [1.165, 1.54) is 31.2 Å². The molecule has 1 atom stereocenters. The van der Waals surface area contributed by atoms with E-state index in [0.717, 1.165) is 7.11 Å². The van der Waals surface area contributed by atoms with E-state index in [9.17, 15) is 18.0 Å². The predicted octanol–water partition coefficient (Wildman–Crippen LogP) is 2.79. The Balaban J connectivity index is 1.83. The lowest BCUT2D eigenvalue weighted by Crippen LogP contribution is -2.55. The molecule has 3 aromatic rings. The normalized spacial score (nSPS) is 13.1. The first-order valence-corrected chi connectivity index (χ1v) is 11.2. The number of rotatable bonds is 8. The quantitative estimate of drug-likeness (QED) is 0.504. The van der Waals surface area contributed by atoms with Crippen LogP contribution in [0.15, 0.2) is 84.0 Å². The average molecular weight is 454 g/mol. The molecule has 1 unspecified atom stereocenters. The van der Waals surface area contributed by atoms with Gasteiger partial charge in [0.1, 0.15) is 0 Å². The van der Waals surface area contributed by atoms with Gasteiger partial charge in [-0.1, -0.05) is 24.3 Å². The highest BCUT2D eigenvalue weighted by Gasteiger charge is 2.48. The maximum Gasteiger partial charge on any atom is 0.342 e. The molecule has 0 saturated heterocycles. The summed E-state index contributed by atoms with van der Waals surface area (Å²) in [4.78, 5) is 26.7. The predicted molar refractivity (Wildman–Crippen MR) is 120 cm³/mol. The molecule has 2 N–H and O–H groups in total. The largest absolute Gasteiger partial charge is 0.467 e. The number of sulfone groups is 1. The zero-order chi connectivity index (χ0) is 23.2. The molecule has 0 saturated carbocycles. The van der Waals surface area contributed by atoms with E-state index in [1.807, 2.05) is 0 Å². The van der Waals surface area contributed by atoms with Crippen molar-refractivity contribution in [3.05, 3.63) is 90.3 Å². The maximum atomic E-state index is 13.4. The molecule has 2 aromatic carbocycles. The second kappa shape index (κ2) is 9.71. The first-order valence-electron chi connectivity index (χ1n) is 9.71. The Morgan fingerprint density at radius 1 is 1.00 bits per heavy atom. The van der Waals surface area contributed by atoms with Crippen LogP contribution in [-0.2, 0) is 25.9 Å².